The van der Waals surface area contributed by atoms with Crippen LogP contribution in [-0.4, -0.2) is 82.7 Å². The topological polar surface area (TPSA) is 184 Å². The van der Waals surface area contributed by atoms with E-state index in [9.17, 15) is 32.7 Å². The molecule has 2 aliphatic carbocycles. The van der Waals surface area contributed by atoms with Gasteiger partial charge in [0.05, 0.1) is 17.3 Å². The average molecular weight is 690 g/mol. The number of allylic oxidation sites excluding steroid dienone is 1. The summed E-state index contributed by atoms with van der Waals surface area (Å²) in [6.45, 7) is -0.0316. The Morgan fingerprint density at radius 3 is 2.47 bits per heavy atom. The molecule has 2 aliphatic heterocycles. The van der Waals surface area contributed by atoms with Gasteiger partial charge in [0, 0.05) is 23.1 Å². The first-order valence-electron chi connectivity index (χ1n) is 16.8. The van der Waals surface area contributed by atoms with Crippen LogP contribution in [-0.2, 0) is 24.4 Å². The standard InChI is InChI=1S/C35H39N5O8S/c41-30-29-18-22(48-31-26-13-7-6-11-24(26)25-12-8-9-14-27(25)36-31)20-40(29)32(42)28(37-34(44)45)15-5-3-1-2-4-10-21-19-35(21,38-30)33(43)39-49(46,47)23-16-17-23/h4,6-14,21-23,28-29,37H,1-3,5,15-20H2,(H,38,41)(H,39,43)(H,44,45). The third kappa shape index (κ3) is 6.65. The Kier molecular flexibility index (Phi) is 8.67. The molecule has 258 valence electrons. The van der Waals surface area contributed by atoms with Gasteiger partial charge in [0.25, 0.3) is 5.91 Å². The zero-order valence-electron chi connectivity index (χ0n) is 26.8. The number of fused-ring (bicyclic) bond motifs is 5. The number of hydrogen-bond donors (Lipinski definition) is 4. The first kappa shape index (κ1) is 32.8. The number of carbonyl (C=O) groups excluding carboxylic acids is 3. The Hall–Kier alpha value is -4.72. The van der Waals surface area contributed by atoms with Crippen molar-refractivity contribution < 1.29 is 37.4 Å². The van der Waals surface area contributed by atoms with Gasteiger partial charge in [-0.25, -0.2) is 18.2 Å². The Bertz CT molecular complexity index is 1960. The van der Waals surface area contributed by atoms with Crippen molar-refractivity contribution in [3.8, 4) is 5.88 Å². The number of amides is 4. The largest absolute Gasteiger partial charge is 0.472 e. The van der Waals surface area contributed by atoms with E-state index in [1.54, 1.807) is 0 Å². The van der Waals surface area contributed by atoms with E-state index in [1.165, 1.54) is 4.90 Å². The molecule has 0 bridgehead atoms. The zero-order chi connectivity index (χ0) is 34.3. The van der Waals surface area contributed by atoms with Gasteiger partial charge in [-0.15, -0.1) is 0 Å². The number of benzene rings is 2. The lowest BCUT2D eigenvalue weighted by Gasteiger charge is -2.29. The number of pyridine rings is 1. The Morgan fingerprint density at radius 1 is 0.980 bits per heavy atom. The molecule has 0 spiro atoms. The van der Waals surface area contributed by atoms with E-state index in [0.717, 1.165) is 29.0 Å². The highest BCUT2D eigenvalue weighted by atomic mass is 32.2. The van der Waals surface area contributed by atoms with Crippen LogP contribution < -0.4 is 20.1 Å². The molecule has 5 unspecified atom stereocenters. The summed E-state index contributed by atoms with van der Waals surface area (Å²) in [6.07, 6.45) is 5.92. The van der Waals surface area contributed by atoms with Gasteiger partial charge in [0.15, 0.2) is 0 Å². The SMILES string of the molecule is O=C(O)NC1CCCCCC=CC2CC2(C(=O)NS(=O)(=O)C2CC2)NC(=O)C2CC(Oc3nc4ccccc4c4ccccc34)CN2C1=O. The summed E-state index contributed by atoms with van der Waals surface area (Å²) in [5, 5.41) is 16.8. The van der Waals surface area contributed by atoms with E-state index in [-0.39, 0.29) is 25.8 Å². The van der Waals surface area contributed by atoms with Gasteiger partial charge >= 0.3 is 6.09 Å². The molecule has 0 radical (unpaired) electrons. The first-order valence-corrected chi connectivity index (χ1v) is 18.4. The van der Waals surface area contributed by atoms with E-state index in [1.807, 2.05) is 60.7 Å². The van der Waals surface area contributed by atoms with Crippen molar-refractivity contribution in [1.29, 1.82) is 0 Å². The Labute approximate surface area is 283 Å². The molecule has 3 aromatic rings. The first-order chi connectivity index (χ1) is 23.6. The Morgan fingerprint density at radius 2 is 1.71 bits per heavy atom. The predicted octanol–water partition coefficient (Wildman–Crippen LogP) is 3.38. The fourth-order valence-corrected chi connectivity index (χ4v) is 8.48. The van der Waals surface area contributed by atoms with Crippen LogP contribution in [0, 0.1) is 5.92 Å². The molecule has 4 amide bonds. The fourth-order valence-electron chi connectivity index (χ4n) is 7.12. The van der Waals surface area contributed by atoms with E-state index < -0.39 is 68.7 Å². The second-order valence-electron chi connectivity index (χ2n) is 13.5. The second kappa shape index (κ2) is 13.0. The molecule has 14 heteroatoms. The molecular weight excluding hydrogens is 650 g/mol. The number of rotatable bonds is 6. The molecule has 4 N–H and O–H groups in total. The highest BCUT2D eigenvalue weighted by Crippen LogP contribution is 2.46. The minimum atomic E-state index is -3.88. The van der Waals surface area contributed by atoms with Crippen LogP contribution in [0.2, 0.25) is 0 Å². The number of carbonyl (C=O) groups is 4. The summed E-state index contributed by atoms with van der Waals surface area (Å²) < 4.78 is 34.1. The number of nitrogens with zero attached hydrogens (tertiary/aromatic N) is 2. The van der Waals surface area contributed by atoms with Crippen LogP contribution in [0.5, 0.6) is 5.88 Å². The van der Waals surface area contributed by atoms with Crippen LogP contribution in [0.3, 0.4) is 0 Å². The van der Waals surface area contributed by atoms with Crippen LogP contribution in [0.1, 0.15) is 57.8 Å². The van der Waals surface area contributed by atoms with Crippen LogP contribution >= 0.6 is 0 Å². The number of sulfonamides is 1. The molecule has 7 rings (SSSR count). The highest BCUT2D eigenvalue weighted by molar-refractivity contribution is 7.91. The number of aromatic nitrogens is 1. The number of hydrogen-bond acceptors (Lipinski definition) is 8. The summed E-state index contributed by atoms with van der Waals surface area (Å²) in [5.74, 6) is -2.10. The van der Waals surface area contributed by atoms with Crippen molar-refractivity contribution >= 4 is 55.5 Å². The maximum Gasteiger partial charge on any atom is 0.405 e. The van der Waals surface area contributed by atoms with Gasteiger partial charge in [-0.1, -0.05) is 61.4 Å². The molecule has 4 aliphatic rings. The molecule has 3 fully saturated rings. The smallest absolute Gasteiger partial charge is 0.405 e. The number of ether oxygens (including phenoxy) is 1. The van der Waals surface area contributed by atoms with Gasteiger partial charge in [-0.05, 0) is 56.0 Å². The maximum absolute atomic E-state index is 14.2. The summed E-state index contributed by atoms with van der Waals surface area (Å²) >= 11 is 0. The molecule has 5 atom stereocenters. The minimum absolute atomic E-state index is 0.0316. The van der Waals surface area contributed by atoms with Crippen molar-refractivity contribution in [2.75, 3.05) is 6.54 Å². The van der Waals surface area contributed by atoms with Crippen molar-refractivity contribution in [2.24, 2.45) is 5.92 Å². The molecule has 49 heavy (non-hydrogen) atoms. The van der Waals surface area contributed by atoms with Gasteiger partial charge < -0.3 is 25.4 Å². The lowest BCUT2D eigenvalue weighted by Crippen LogP contribution is -2.58. The number of nitrogens with one attached hydrogen (secondary N) is 3. The van der Waals surface area contributed by atoms with Crippen molar-refractivity contribution in [1.82, 2.24) is 25.2 Å². The number of carboxylic acid groups (broad SMARTS) is 1. The van der Waals surface area contributed by atoms with Crippen molar-refractivity contribution in [3.05, 3.63) is 60.7 Å². The lowest BCUT2D eigenvalue weighted by atomic mass is 10.1. The average Bonchev–Trinajstić information content (AvgIpc) is 4.00. The van der Waals surface area contributed by atoms with Gasteiger partial charge in [0.1, 0.15) is 23.7 Å². The summed E-state index contributed by atoms with van der Waals surface area (Å²) in [6, 6.07) is 13.1. The fraction of sp³-hybridized carbons (Fsp3) is 0.457. The van der Waals surface area contributed by atoms with Gasteiger partial charge in [0.2, 0.25) is 27.7 Å². The highest BCUT2D eigenvalue weighted by Gasteiger charge is 2.62. The van der Waals surface area contributed by atoms with Crippen LogP contribution in [0.25, 0.3) is 21.7 Å². The molecule has 2 saturated carbocycles. The molecule has 2 aromatic carbocycles. The monoisotopic (exact) mass is 689 g/mol. The quantitative estimate of drug-likeness (QED) is 0.223. The van der Waals surface area contributed by atoms with E-state index in [4.69, 9.17) is 9.72 Å². The van der Waals surface area contributed by atoms with E-state index >= 15 is 0 Å². The summed E-state index contributed by atoms with van der Waals surface area (Å²) in [7, 11) is -3.88. The minimum Gasteiger partial charge on any atom is -0.472 e. The summed E-state index contributed by atoms with van der Waals surface area (Å²) in [4.78, 5) is 59.7. The second-order valence-corrected chi connectivity index (χ2v) is 15.4. The Balaban J connectivity index is 1.21. The van der Waals surface area contributed by atoms with Crippen molar-refractivity contribution in [3.63, 3.8) is 0 Å². The predicted molar refractivity (Wildman–Crippen MR) is 180 cm³/mol. The lowest BCUT2D eigenvalue weighted by molar-refractivity contribution is -0.141. The number of para-hydroxylation sites is 1. The van der Waals surface area contributed by atoms with Gasteiger partial charge in [-0.2, -0.15) is 0 Å². The molecule has 13 nitrogen and oxygen atoms in total. The van der Waals surface area contributed by atoms with Crippen LogP contribution in [0.15, 0.2) is 60.7 Å². The third-order valence-electron chi connectivity index (χ3n) is 9.99. The van der Waals surface area contributed by atoms with E-state index in [0.29, 0.717) is 37.1 Å². The normalized spacial score (nSPS) is 27.7. The van der Waals surface area contributed by atoms with Crippen LogP contribution in [0.4, 0.5) is 4.79 Å². The van der Waals surface area contributed by atoms with Gasteiger partial charge in [-0.3, -0.25) is 19.1 Å². The molecular formula is C35H39N5O8S. The van der Waals surface area contributed by atoms with Crippen molar-refractivity contribution in [2.45, 2.75) is 86.8 Å². The van der Waals surface area contributed by atoms with E-state index in [2.05, 4.69) is 15.4 Å². The third-order valence-corrected chi connectivity index (χ3v) is 11.8. The molecule has 1 aromatic heterocycles. The summed E-state index contributed by atoms with van der Waals surface area (Å²) in [5.41, 5.74) is -0.788. The molecule has 3 heterocycles. The molecule has 1 saturated heterocycles. The maximum atomic E-state index is 14.2. The zero-order valence-corrected chi connectivity index (χ0v) is 27.7.